The first-order chi connectivity index (χ1) is 12.4. The van der Waals surface area contributed by atoms with E-state index in [2.05, 4.69) is 22.1 Å². The first kappa shape index (κ1) is 17.4. The molecule has 0 radical (unpaired) electrons. The van der Waals surface area contributed by atoms with Crippen LogP contribution < -0.4 is 16.7 Å². The van der Waals surface area contributed by atoms with Crippen LogP contribution in [-0.2, 0) is 20.6 Å². The predicted octanol–water partition coefficient (Wildman–Crippen LogP) is 1.46. The van der Waals surface area contributed by atoms with Gasteiger partial charge in [0, 0.05) is 20.6 Å². The summed E-state index contributed by atoms with van der Waals surface area (Å²) in [6.07, 6.45) is 1.65. The van der Waals surface area contributed by atoms with Gasteiger partial charge in [0.1, 0.15) is 0 Å². The zero-order chi connectivity index (χ0) is 18.8. The van der Waals surface area contributed by atoms with Crippen LogP contribution in [0, 0.1) is 0 Å². The molecule has 0 aliphatic heterocycles. The lowest BCUT2D eigenvalue weighted by Crippen LogP contribution is -2.37. The molecule has 1 N–H and O–H groups in total. The van der Waals surface area contributed by atoms with Crippen LogP contribution >= 0.6 is 0 Å². The Kier molecular flexibility index (Phi) is 4.57. The summed E-state index contributed by atoms with van der Waals surface area (Å²) in [6.45, 7) is 6.14. The van der Waals surface area contributed by atoms with Gasteiger partial charge in [-0.15, -0.1) is 0 Å². The highest BCUT2D eigenvalue weighted by Gasteiger charge is 2.18. The minimum absolute atomic E-state index is 0.303. The van der Waals surface area contributed by atoms with Crippen LogP contribution in [-0.4, -0.2) is 24.9 Å². The topological polar surface area (TPSA) is 86.2 Å². The molecule has 0 unspecified atom stereocenters. The number of anilines is 1. The normalized spacial score (nSPS) is 11.3. The van der Waals surface area contributed by atoms with E-state index in [4.69, 9.17) is 0 Å². The van der Waals surface area contributed by atoms with Gasteiger partial charge in [-0.3, -0.25) is 18.5 Å². The van der Waals surface area contributed by atoms with Crippen LogP contribution in [0.15, 0.2) is 57.2 Å². The number of rotatable bonds is 5. The van der Waals surface area contributed by atoms with E-state index < -0.39 is 11.2 Å². The molecule has 0 aliphatic rings. The molecule has 1 aromatic carbocycles. The maximum absolute atomic E-state index is 12.6. The van der Waals surface area contributed by atoms with Gasteiger partial charge in [-0.05, 0) is 12.5 Å². The first-order valence-electron chi connectivity index (χ1n) is 8.05. The summed E-state index contributed by atoms with van der Waals surface area (Å²) >= 11 is 0. The van der Waals surface area contributed by atoms with Crippen molar-refractivity contribution in [1.29, 1.82) is 0 Å². The Bertz CT molecular complexity index is 1120. The molecule has 3 rings (SSSR count). The minimum atomic E-state index is -0.429. The molecular weight excluding hydrogens is 332 g/mol. The minimum Gasteiger partial charge on any atom is -0.299 e. The second-order valence-electron chi connectivity index (χ2n) is 6.14. The van der Waals surface area contributed by atoms with E-state index >= 15 is 0 Å². The second kappa shape index (κ2) is 6.83. The lowest BCUT2D eigenvalue weighted by atomic mass is 10.2. The van der Waals surface area contributed by atoms with Crippen LogP contribution in [0.1, 0.15) is 12.5 Å². The van der Waals surface area contributed by atoms with E-state index in [0.29, 0.717) is 23.7 Å². The van der Waals surface area contributed by atoms with Gasteiger partial charge in [0.25, 0.3) is 5.56 Å². The van der Waals surface area contributed by atoms with Gasteiger partial charge >= 0.3 is 5.69 Å². The highest BCUT2D eigenvalue weighted by Crippen LogP contribution is 2.17. The number of nitrogens with one attached hydrogen (secondary N) is 1. The number of aryl methyl sites for hydroxylation is 1. The SMILES string of the molecule is C=C(C)Cn1c(N/N=C/c2ccccc2)nc2c1c(=O)n(C)c(=O)n2C. The fourth-order valence-electron chi connectivity index (χ4n) is 2.66. The van der Waals surface area contributed by atoms with E-state index in [9.17, 15) is 9.59 Å². The standard InChI is InChI=1S/C18H20N6O2/c1-12(2)11-24-14-15(22(3)18(26)23(4)16(14)25)20-17(24)21-19-10-13-8-6-5-7-9-13/h5-10H,1,11H2,2-4H3,(H,20,21)/b19-10+. The van der Waals surface area contributed by atoms with Crippen LogP contribution in [0.3, 0.4) is 0 Å². The monoisotopic (exact) mass is 352 g/mol. The van der Waals surface area contributed by atoms with Crippen LogP contribution in [0.2, 0.25) is 0 Å². The average Bonchev–Trinajstić information content (AvgIpc) is 2.97. The Hall–Kier alpha value is -3.42. The Labute approximate surface area is 149 Å². The largest absolute Gasteiger partial charge is 0.332 e. The molecule has 0 fully saturated rings. The van der Waals surface area contributed by atoms with Crippen molar-refractivity contribution in [2.24, 2.45) is 19.2 Å². The van der Waals surface area contributed by atoms with Crippen molar-refractivity contribution in [2.75, 3.05) is 5.43 Å². The predicted molar refractivity (Wildman–Crippen MR) is 103 cm³/mol. The number of fused-ring (bicyclic) bond motifs is 1. The van der Waals surface area contributed by atoms with Crippen molar-refractivity contribution in [3.63, 3.8) is 0 Å². The Morgan fingerprint density at radius 2 is 1.92 bits per heavy atom. The summed E-state index contributed by atoms with van der Waals surface area (Å²) in [7, 11) is 3.03. The lowest BCUT2D eigenvalue weighted by molar-refractivity contribution is 0.702. The first-order valence-corrected chi connectivity index (χ1v) is 8.05. The number of allylic oxidation sites excluding steroid dienone is 1. The molecule has 8 nitrogen and oxygen atoms in total. The lowest BCUT2D eigenvalue weighted by Gasteiger charge is -2.08. The summed E-state index contributed by atoms with van der Waals surface area (Å²) in [6, 6.07) is 9.59. The van der Waals surface area contributed by atoms with Gasteiger partial charge in [-0.2, -0.15) is 10.1 Å². The van der Waals surface area contributed by atoms with Gasteiger partial charge < -0.3 is 0 Å². The molecule has 3 aromatic rings. The van der Waals surface area contributed by atoms with E-state index in [1.165, 1.54) is 11.6 Å². The number of benzene rings is 1. The van der Waals surface area contributed by atoms with Gasteiger partial charge in [0.15, 0.2) is 11.2 Å². The molecule has 2 heterocycles. The molecular formula is C18H20N6O2. The quantitative estimate of drug-likeness (QED) is 0.428. The summed E-state index contributed by atoms with van der Waals surface area (Å²) in [4.78, 5) is 29.2. The van der Waals surface area contributed by atoms with Crippen molar-refractivity contribution in [3.8, 4) is 0 Å². The van der Waals surface area contributed by atoms with E-state index in [1.807, 2.05) is 37.3 Å². The van der Waals surface area contributed by atoms with Crippen molar-refractivity contribution < 1.29 is 0 Å². The fourth-order valence-corrected chi connectivity index (χ4v) is 2.66. The van der Waals surface area contributed by atoms with Crippen molar-refractivity contribution in [3.05, 3.63) is 68.9 Å². The van der Waals surface area contributed by atoms with Crippen LogP contribution in [0.5, 0.6) is 0 Å². The number of aromatic nitrogens is 4. The number of imidazole rings is 1. The van der Waals surface area contributed by atoms with Crippen molar-refractivity contribution in [1.82, 2.24) is 18.7 Å². The number of hydrazone groups is 1. The third kappa shape index (κ3) is 3.08. The third-order valence-electron chi connectivity index (χ3n) is 3.95. The van der Waals surface area contributed by atoms with Gasteiger partial charge in [0.05, 0.1) is 6.21 Å². The smallest absolute Gasteiger partial charge is 0.299 e. The van der Waals surface area contributed by atoms with Gasteiger partial charge in [-0.1, -0.05) is 42.5 Å². The molecule has 0 amide bonds. The van der Waals surface area contributed by atoms with E-state index in [-0.39, 0.29) is 0 Å². The van der Waals surface area contributed by atoms with E-state index in [1.54, 1.807) is 17.8 Å². The molecule has 0 aliphatic carbocycles. The molecule has 134 valence electrons. The molecule has 0 spiro atoms. The molecule has 0 saturated heterocycles. The Morgan fingerprint density at radius 3 is 2.58 bits per heavy atom. The van der Waals surface area contributed by atoms with Gasteiger partial charge in [0.2, 0.25) is 5.95 Å². The Balaban J connectivity index is 2.12. The number of nitrogens with zero attached hydrogens (tertiary/aromatic N) is 5. The maximum Gasteiger partial charge on any atom is 0.332 e. The second-order valence-corrected chi connectivity index (χ2v) is 6.14. The highest BCUT2D eigenvalue weighted by molar-refractivity contribution is 5.80. The molecule has 8 heteroatoms. The zero-order valence-corrected chi connectivity index (χ0v) is 14.9. The van der Waals surface area contributed by atoms with Crippen molar-refractivity contribution in [2.45, 2.75) is 13.5 Å². The zero-order valence-electron chi connectivity index (χ0n) is 14.9. The van der Waals surface area contributed by atoms with E-state index in [0.717, 1.165) is 15.7 Å². The maximum atomic E-state index is 12.6. The number of hydrogen-bond donors (Lipinski definition) is 1. The molecule has 26 heavy (non-hydrogen) atoms. The summed E-state index contributed by atoms with van der Waals surface area (Å²) in [5.41, 5.74) is 4.43. The molecule has 0 bridgehead atoms. The molecule has 0 saturated carbocycles. The average molecular weight is 352 g/mol. The fraction of sp³-hybridized carbons (Fsp3) is 0.222. The van der Waals surface area contributed by atoms with Crippen LogP contribution in [0.25, 0.3) is 11.2 Å². The summed E-state index contributed by atoms with van der Waals surface area (Å²) < 4.78 is 4.09. The third-order valence-corrected chi connectivity index (χ3v) is 3.95. The molecule has 2 aromatic heterocycles. The van der Waals surface area contributed by atoms with Gasteiger partial charge in [-0.25, -0.2) is 10.2 Å². The summed E-state index contributed by atoms with van der Waals surface area (Å²) in [5.74, 6) is 0.369. The Morgan fingerprint density at radius 1 is 1.23 bits per heavy atom. The number of hydrogen-bond acceptors (Lipinski definition) is 5. The van der Waals surface area contributed by atoms with Crippen LogP contribution in [0.4, 0.5) is 5.95 Å². The highest BCUT2D eigenvalue weighted by atomic mass is 16.2. The summed E-state index contributed by atoms with van der Waals surface area (Å²) in [5, 5.41) is 4.20. The van der Waals surface area contributed by atoms with Crippen molar-refractivity contribution >= 4 is 23.3 Å². The molecule has 0 atom stereocenters.